The monoisotopic (exact) mass is 628 g/mol. The number of carbonyl (C=O) groups excluding carboxylic acids is 1. The molecule has 1 saturated heterocycles. The van der Waals surface area contributed by atoms with E-state index in [0.29, 0.717) is 22.3 Å². The summed E-state index contributed by atoms with van der Waals surface area (Å²) in [4.78, 5) is 13.0. The lowest BCUT2D eigenvalue weighted by atomic mass is 9.82. The summed E-state index contributed by atoms with van der Waals surface area (Å²) in [6.07, 6.45) is -10.5. The highest BCUT2D eigenvalue weighted by Gasteiger charge is 2.46. The average molecular weight is 629 g/mol. The highest BCUT2D eigenvalue weighted by molar-refractivity contribution is 5.81. The zero-order valence-electron chi connectivity index (χ0n) is 23.8. The molecule has 0 radical (unpaired) electrons. The standard InChI is InChI=1S/C31H32O14/c1-41-21-7-12(2-5-17(21)34)14-9-24(37)45-30-15-8-19(36)29(13-3-4-16(33)18(35)6-13)42-20(15)10-22(25(14)30)43-31-28(40)27(39)26(38)23(11-32)44-31/h2-7,10,14,19,23,26-29,31-36,38-40H,8-9,11H2,1H3. The molecule has 3 aromatic rings. The topological polar surface area (TPSA) is 225 Å². The molecule has 0 saturated carbocycles. The van der Waals surface area contributed by atoms with Crippen LogP contribution in [0.5, 0.6) is 40.2 Å². The molecule has 0 spiro atoms. The van der Waals surface area contributed by atoms with Crippen molar-refractivity contribution < 1.29 is 69.3 Å². The van der Waals surface area contributed by atoms with Crippen LogP contribution >= 0.6 is 0 Å². The van der Waals surface area contributed by atoms with Gasteiger partial charge >= 0.3 is 5.97 Å². The first-order valence-corrected chi connectivity index (χ1v) is 14.1. The molecule has 3 aliphatic heterocycles. The molecule has 0 aromatic heterocycles. The second-order valence-corrected chi connectivity index (χ2v) is 11.1. The van der Waals surface area contributed by atoms with Gasteiger partial charge in [-0.05, 0) is 35.4 Å². The van der Waals surface area contributed by atoms with Gasteiger partial charge in [0, 0.05) is 29.5 Å². The molecule has 3 aromatic carbocycles. The first-order valence-electron chi connectivity index (χ1n) is 14.1. The molecule has 14 heteroatoms. The lowest BCUT2D eigenvalue weighted by molar-refractivity contribution is -0.277. The van der Waals surface area contributed by atoms with Gasteiger partial charge in [-0.3, -0.25) is 4.79 Å². The Morgan fingerprint density at radius 3 is 2.29 bits per heavy atom. The van der Waals surface area contributed by atoms with Gasteiger partial charge in [0.1, 0.15) is 47.8 Å². The number of fused-ring (bicyclic) bond motifs is 3. The van der Waals surface area contributed by atoms with Crippen LogP contribution in [0.25, 0.3) is 0 Å². The van der Waals surface area contributed by atoms with Crippen LogP contribution in [0.1, 0.15) is 40.7 Å². The van der Waals surface area contributed by atoms with Crippen LogP contribution < -0.4 is 18.9 Å². The largest absolute Gasteiger partial charge is 0.504 e. The van der Waals surface area contributed by atoms with Gasteiger partial charge in [0.15, 0.2) is 23.0 Å². The number of benzene rings is 3. The van der Waals surface area contributed by atoms with Gasteiger partial charge in [0.05, 0.1) is 26.2 Å². The average Bonchev–Trinajstić information content (AvgIpc) is 3.02. The summed E-state index contributed by atoms with van der Waals surface area (Å²) in [6.45, 7) is -0.692. The number of hydrogen-bond acceptors (Lipinski definition) is 14. The number of methoxy groups -OCH3 is 1. The lowest BCUT2D eigenvalue weighted by Crippen LogP contribution is -2.60. The van der Waals surface area contributed by atoms with E-state index >= 15 is 0 Å². The predicted molar refractivity (Wildman–Crippen MR) is 150 cm³/mol. The van der Waals surface area contributed by atoms with Gasteiger partial charge in [-0.1, -0.05) is 12.1 Å². The zero-order chi connectivity index (χ0) is 32.2. The maximum Gasteiger partial charge on any atom is 0.312 e. The van der Waals surface area contributed by atoms with E-state index in [2.05, 4.69) is 0 Å². The molecule has 0 bridgehead atoms. The number of ether oxygens (including phenoxy) is 5. The van der Waals surface area contributed by atoms with E-state index in [9.17, 15) is 45.6 Å². The van der Waals surface area contributed by atoms with Crippen molar-refractivity contribution in [2.24, 2.45) is 0 Å². The summed E-state index contributed by atoms with van der Waals surface area (Å²) in [6, 6.07) is 9.92. The van der Waals surface area contributed by atoms with Crippen molar-refractivity contribution in [2.45, 2.75) is 61.7 Å². The van der Waals surface area contributed by atoms with Crippen LogP contribution in [0.15, 0.2) is 42.5 Å². The van der Waals surface area contributed by atoms with E-state index in [-0.39, 0.29) is 47.3 Å². The molecule has 3 heterocycles. The molecule has 0 amide bonds. The maximum atomic E-state index is 13.0. The van der Waals surface area contributed by atoms with Gasteiger partial charge in [-0.2, -0.15) is 0 Å². The molecule has 8 unspecified atom stereocenters. The maximum absolute atomic E-state index is 13.0. The Hall–Kier alpha value is -4.31. The fraction of sp³-hybridized carbons (Fsp3) is 0.387. The zero-order valence-corrected chi connectivity index (χ0v) is 23.8. The highest BCUT2D eigenvalue weighted by atomic mass is 16.7. The third kappa shape index (κ3) is 5.45. The quantitative estimate of drug-likeness (QED) is 0.106. The number of aliphatic hydroxyl groups excluding tert-OH is 5. The normalized spacial score (nSPS) is 29.2. The molecule has 8 N–H and O–H groups in total. The van der Waals surface area contributed by atoms with Crippen molar-refractivity contribution in [2.75, 3.05) is 13.7 Å². The summed E-state index contributed by atoms with van der Waals surface area (Å²) in [7, 11) is 1.37. The SMILES string of the molecule is COc1cc(C2CC(=O)Oc3c4c(cc(OC5OC(CO)C(O)C(O)C5O)c32)OC(c2ccc(O)c(O)c2)C(O)C4)ccc1O. The van der Waals surface area contributed by atoms with Crippen molar-refractivity contribution in [3.8, 4) is 40.2 Å². The van der Waals surface area contributed by atoms with Gasteiger partial charge in [-0.25, -0.2) is 0 Å². The summed E-state index contributed by atoms with van der Waals surface area (Å²) < 4.78 is 28.9. The Morgan fingerprint density at radius 1 is 0.844 bits per heavy atom. The minimum Gasteiger partial charge on any atom is -0.504 e. The summed E-state index contributed by atoms with van der Waals surface area (Å²) in [5.41, 5.74) is 1.48. The van der Waals surface area contributed by atoms with E-state index in [1.807, 2.05) is 0 Å². The van der Waals surface area contributed by atoms with E-state index in [0.717, 1.165) is 0 Å². The number of hydrogen-bond donors (Lipinski definition) is 8. The predicted octanol–water partition coefficient (Wildman–Crippen LogP) is 0.469. The third-order valence-corrected chi connectivity index (χ3v) is 8.32. The van der Waals surface area contributed by atoms with Gasteiger partial charge in [0.2, 0.25) is 6.29 Å². The van der Waals surface area contributed by atoms with Crippen molar-refractivity contribution in [3.63, 3.8) is 0 Å². The van der Waals surface area contributed by atoms with E-state index in [4.69, 9.17) is 23.7 Å². The number of carbonyl (C=O) groups is 1. The van der Waals surface area contributed by atoms with E-state index in [1.54, 1.807) is 6.07 Å². The van der Waals surface area contributed by atoms with E-state index < -0.39 is 67.2 Å². The van der Waals surface area contributed by atoms with E-state index in [1.165, 1.54) is 43.5 Å². The molecule has 240 valence electrons. The minimum absolute atomic E-state index is 0.0127. The van der Waals surface area contributed by atoms with Crippen LogP contribution in [0.4, 0.5) is 0 Å². The second kappa shape index (κ2) is 11.9. The Morgan fingerprint density at radius 2 is 1.58 bits per heavy atom. The van der Waals surface area contributed by atoms with Crippen molar-refractivity contribution in [1.29, 1.82) is 0 Å². The molecule has 6 rings (SSSR count). The molecular formula is C31H32O14. The molecular weight excluding hydrogens is 596 g/mol. The van der Waals surface area contributed by atoms with Crippen LogP contribution in [-0.2, 0) is 16.0 Å². The van der Waals surface area contributed by atoms with Crippen LogP contribution in [0.3, 0.4) is 0 Å². The fourth-order valence-corrected chi connectivity index (χ4v) is 5.96. The number of phenolic OH excluding ortho intramolecular Hbond substituents is 3. The number of aromatic hydroxyl groups is 3. The number of aliphatic hydroxyl groups is 5. The number of esters is 1. The first kappa shape index (κ1) is 30.7. The Balaban J connectivity index is 1.49. The Labute approximate surface area is 255 Å². The van der Waals surface area contributed by atoms with Crippen LogP contribution in [0, 0.1) is 0 Å². The molecule has 8 atom stereocenters. The summed E-state index contributed by atoms with van der Waals surface area (Å²) >= 11 is 0. The first-order chi connectivity index (χ1) is 21.5. The third-order valence-electron chi connectivity index (χ3n) is 8.32. The number of phenols is 3. The highest BCUT2D eigenvalue weighted by Crippen LogP contribution is 2.53. The van der Waals surface area contributed by atoms with Crippen molar-refractivity contribution in [3.05, 3.63) is 64.7 Å². The van der Waals surface area contributed by atoms with Crippen molar-refractivity contribution >= 4 is 5.97 Å². The molecule has 1 fully saturated rings. The summed E-state index contributed by atoms with van der Waals surface area (Å²) in [5, 5.41) is 82.2. The molecule has 0 aliphatic carbocycles. The van der Waals surface area contributed by atoms with Gasteiger partial charge in [0.25, 0.3) is 0 Å². The van der Waals surface area contributed by atoms with Crippen molar-refractivity contribution in [1.82, 2.24) is 0 Å². The molecule has 3 aliphatic rings. The van der Waals surface area contributed by atoms with Crippen LogP contribution in [0.2, 0.25) is 0 Å². The van der Waals surface area contributed by atoms with Gasteiger partial charge < -0.3 is 64.5 Å². The molecule has 14 nitrogen and oxygen atoms in total. The Bertz CT molecular complexity index is 1610. The number of rotatable bonds is 6. The van der Waals surface area contributed by atoms with Gasteiger partial charge in [-0.15, -0.1) is 0 Å². The molecule has 45 heavy (non-hydrogen) atoms. The smallest absolute Gasteiger partial charge is 0.312 e. The lowest BCUT2D eigenvalue weighted by Gasteiger charge is -2.41. The second-order valence-electron chi connectivity index (χ2n) is 11.1. The van der Waals surface area contributed by atoms with Crippen LogP contribution in [-0.4, -0.2) is 97.3 Å². The fourth-order valence-electron chi connectivity index (χ4n) is 5.96. The Kier molecular flexibility index (Phi) is 8.11. The summed E-state index contributed by atoms with van der Waals surface area (Å²) in [5.74, 6) is -2.03. The minimum atomic E-state index is -1.76.